The molecule has 0 radical (unpaired) electrons. The van der Waals surface area contributed by atoms with E-state index in [-0.39, 0.29) is 18.2 Å². The summed E-state index contributed by atoms with van der Waals surface area (Å²) in [6, 6.07) is 6.18. The van der Waals surface area contributed by atoms with Crippen molar-refractivity contribution in [2.75, 3.05) is 5.73 Å². The van der Waals surface area contributed by atoms with Gasteiger partial charge in [0.15, 0.2) is 5.82 Å². The second kappa shape index (κ2) is 4.24. The first kappa shape index (κ1) is 10.5. The van der Waals surface area contributed by atoms with Gasteiger partial charge in [-0.2, -0.15) is 0 Å². The molecule has 0 aliphatic heterocycles. The Kier molecular flexibility index (Phi) is 2.78. The maximum atomic E-state index is 13.4. The number of hydrogen-bond donors (Lipinski definition) is 2. The summed E-state index contributed by atoms with van der Waals surface area (Å²) in [7, 11) is 0. The van der Waals surface area contributed by atoms with Crippen LogP contribution in [-0.4, -0.2) is 15.1 Å². The summed E-state index contributed by atoms with van der Waals surface area (Å²) in [5.74, 6) is -0.0257. The highest BCUT2D eigenvalue weighted by atomic mass is 19.1. The first-order chi connectivity index (χ1) is 7.72. The molecule has 16 heavy (non-hydrogen) atoms. The van der Waals surface area contributed by atoms with Crippen LogP contribution >= 0.6 is 0 Å². The topological polar surface area (TPSA) is 72.0 Å². The molecule has 0 bridgehead atoms. The van der Waals surface area contributed by atoms with Crippen molar-refractivity contribution in [3.63, 3.8) is 0 Å². The van der Waals surface area contributed by atoms with Crippen molar-refractivity contribution in [2.24, 2.45) is 0 Å². The summed E-state index contributed by atoms with van der Waals surface area (Å²) in [6.45, 7) is -0.233. The van der Waals surface area contributed by atoms with Crippen LogP contribution in [0.1, 0.15) is 5.56 Å². The summed E-state index contributed by atoms with van der Waals surface area (Å²) >= 11 is 0. The van der Waals surface area contributed by atoms with E-state index in [1.807, 2.05) is 0 Å². The van der Waals surface area contributed by atoms with Crippen molar-refractivity contribution >= 4 is 5.82 Å². The molecule has 0 amide bonds. The van der Waals surface area contributed by atoms with E-state index in [9.17, 15) is 4.39 Å². The lowest BCUT2D eigenvalue weighted by Crippen LogP contribution is -2.02. The highest BCUT2D eigenvalue weighted by molar-refractivity contribution is 5.58. The Labute approximate surface area is 91.6 Å². The number of nitrogens with zero attached hydrogens (tertiary/aromatic N) is 2. The molecule has 0 saturated heterocycles. The van der Waals surface area contributed by atoms with Crippen LogP contribution in [0.25, 0.3) is 11.4 Å². The second-order valence-corrected chi connectivity index (χ2v) is 3.24. The maximum absolute atomic E-state index is 13.4. The molecule has 0 atom stereocenters. The minimum Gasteiger partial charge on any atom is -0.391 e. The van der Waals surface area contributed by atoms with Gasteiger partial charge in [-0.15, -0.1) is 0 Å². The molecule has 0 aliphatic rings. The molecule has 0 aliphatic carbocycles. The van der Waals surface area contributed by atoms with Crippen LogP contribution in [0.15, 0.2) is 30.5 Å². The van der Waals surface area contributed by atoms with Gasteiger partial charge in [0.05, 0.1) is 12.2 Å². The van der Waals surface area contributed by atoms with Crippen molar-refractivity contribution in [1.29, 1.82) is 0 Å². The van der Waals surface area contributed by atoms with Crippen molar-refractivity contribution in [3.8, 4) is 11.4 Å². The standard InChI is InChI=1S/C11H10FN3O/c12-9-4-2-1-3-8(9)11-14-5-7(6-16)10(13)15-11/h1-5,16H,6H2,(H2,13,14,15). The van der Waals surface area contributed by atoms with E-state index in [0.717, 1.165) is 0 Å². The zero-order chi connectivity index (χ0) is 11.5. The Bertz CT molecular complexity index is 516. The number of halogens is 1. The number of hydrogen-bond acceptors (Lipinski definition) is 4. The minimum absolute atomic E-state index is 0.163. The average Bonchev–Trinajstić information content (AvgIpc) is 2.29. The highest BCUT2D eigenvalue weighted by Gasteiger charge is 2.09. The predicted octanol–water partition coefficient (Wildman–Crippen LogP) is 1.36. The fraction of sp³-hybridized carbons (Fsp3) is 0.0909. The monoisotopic (exact) mass is 219 g/mol. The maximum Gasteiger partial charge on any atom is 0.164 e. The number of rotatable bonds is 2. The Balaban J connectivity index is 2.50. The molecular formula is C11H10FN3O. The van der Waals surface area contributed by atoms with E-state index in [2.05, 4.69) is 9.97 Å². The third-order valence-electron chi connectivity index (χ3n) is 2.18. The van der Waals surface area contributed by atoms with Crippen LogP contribution in [0.4, 0.5) is 10.2 Å². The first-order valence-corrected chi connectivity index (χ1v) is 4.69. The summed E-state index contributed by atoms with van der Waals surface area (Å²) < 4.78 is 13.4. The molecule has 4 nitrogen and oxygen atoms in total. The van der Waals surface area contributed by atoms with Crippen LogP contribution in [0, 0.1) is 5.82 Å². The lowest BCUT2D eigenvalue weighted by Gasteiger charge is -2.05. The smallest absolute Gasteiger partial charge is 0.164 e. The number of aliphatic hydroxyl groups excluding tert-OH is 1. The molecule has 82 valence electrons. The molecule has 2 aromatic rings. The van der Waals surface area contributed by atoms with Crippen LogP contribution in [-0.2, 0) is 6.61 Å². The number of nitrogen functional groups attached to an aromatic ring is 1. The van der Waals surface area contributed by atoms with Gasteiger partial charge < -0.3 is 10.8 Å². The lowest BCUT2D eigenvalue weighted by atomic mass is 10.2. The molecule has 1 heterocycles. The zero-order valence-electron chi connectivity index (χ0n) is 8.39. The quantitative estimate of drug-likeness (QED) is 0.799. The van der Waals surface area contributed by atoms with Crippen LogP contribution < -0.4 is 5.73 Å². The van der Waals surface area contributed by atoms with Crippen molar-refractivity contribution < 1.29 is 9.50 Å². The van der Waals surface area contributed by atoms with Crippen molar-refractivity contribution in [3.05, 3.63) is 41.8 Å². The summed E-state index contributed by atoms with van der Waals surface area (Å²) in [5.41, 5.74) is 6.31. The van der Waals surface area contributed by atoms with E-state index >= 15 is 0 Å². The predicted molar refractivity (Wildman–Crippen MR) is 57.8 cm³/mol. The molecule has 1 aromatic carbocycles. The van der Waals surface area contributed by atoms with Crippen LogP contribution in [0.2, 0.25) is 0 Å². The molecule has 2 rings (SSSR count). The van der Waals surface area contributed by atoms with Gasteiger partial charge in [-0.25, -0.2) is 14.4 Å². The fourth-order valence-electron chi connectivity index (χ4n) is 1.31. The zero-order valence-corrected chi connectivity index (χ0v) is 8.39. The van der Waals surface area contributed by atoms with E-state index in [0.29, 0.717) is 11.1 Å². The Hall–Kier alpha value is -2.01. The lowest BCUT2D eigenvalue weighted by molar-refractivity contribution is 0.281. The summed E-state index contributed by atoms with van der Waals surface area (Å²) in [4.78, 5) is 7.89. The van der Waals surface area contributed by atoms with Gasteiger partial charge in [0.1, 0.15) is 11.6 Å². The van der Waals surface area contributed by atoms with Crippen LogP contribution in [0.3, 0.4) is 0 Å². The van der Waals surface area contributed by atoms with E-state index in [1.54, 1.807) is 18.2 Å². The molecule has 1 aromatic heterocycles. The van der Waals surface area contributed by atoms with Gasteiger partial charge in [-0.3, -0.25) is 0 Å². The Morgan fingerprint density at radius 1 is 1.31 bits per heavy atom. The minimum atomic E-state index is -0.404. The average molecular weight is 219 g/mol. The summed E-state index contributed by atoms with van der Waals surface area (Å²) in [5, 5.41) is 8.90. The van der Waals surface area contributed by atoms with Crippen molar-refractivity contribution in [1.82, 2.24) is 9.97 Å². The van der Waals surface area contributed by atoms with Gasteiger partial charge in [0, 0.05) is 11.8 Å². The number of benzene rings is 1. The third-order valence-corrected chi connectivity index (χ3v) is 2.18. The van der Waals surface area contributed by atoms with Crippen LogP contribution in [0.5, 0.6) is 0 Å². The largest absolute Gasteiger partial charge is 0.391 e. The number of aromatic nitrogens is 2. The molecular weight excluding hydrogens is 209 g/mol. The summed E-state index contributed by atoms with van der Waals surface area (Å²) in [6.07, 6.45) is 1.39. The number of aliphatic hydroxyl groups is 1. The number of nitrogens with two attached hydrogens (primary N) is 1. The number of anilines is 1. The molecule has 5 heteroatoms. The molecule has 0 fully saturated rings. The Morgan fingerprint density at radius 3 is 2.69 bits per heavy atom. The molecule has 0 saturated carbocycles. The molecule has 0 spiro atoms. The van der Waals surface area contributed by atoms with Gasteiger partial charge in [-0.1, -0.05) is 12.1 Å². The highest BCUT2D eigenvalue weighted by Crippen LogP contribution is 2.20. The van der Waals surface area contributed by atoms with E-state index in [1.165, 1.54) is 12.3 Å². The van der Waals surface area contributed by atoms with Gasteiger partial charge >= 0.3 is 0 Å². The fourth-order valence-corrected chi connectivity index (χ4v) is 1.31. The third kappa shape index (κ3) is 1.85. The van der Waals surface area contributed by atoms with E-state index < -0.39 is 5.82 Å². The molecule has 0 unspecified atom stereocenters. The van der Waals surface area contributed by atoms with Gasteiger partial charge in [0.25, 0.3) is 0 Å². The van der Waals surface area contributed by atoms with Crippen molar-refractivity contribution in [2.45, 2.75) is 6.61 Å². The SMILES string of the molecule is Nc1nc(-c2ccccc2F)ncc1CO. The normalized spacial score (nSPS) is 10.4. The second-order valence-electron chi connectivity index (χ2n) is 3.24. The Morgan fingerprint density at radius 2 is 2.06 bits per heavy atom. The van der Waals surface area contributed by atoms with Gasteiger partial charge in [-0.05, 0) is 12.1 Å². The van der Waals surface area contributed by atoms with E-state index in [4.69, 9.17) is 10.8 Å². The molecule has 3 N–H and O–H groups in total. The first-order valence-electron chi connectivity index (χ1n) is 4.69. The van der Waals surface area contributed by atoms with Gasteiger partial charge in [0.2, 0.25) is 0 Å².